The van der Waals surface area contributed by atoms with Gasteiger partial charge in [0, 0.05) is 12.5 Å². The molecule has 0 bridgehead atoms. The highest BCUT2D eigenvalue weighted by Gasteiger charge is 2.58. The van der Waals surface area contributed by atoms with E-state index in [-0.39, 0.29) is 13.0 Å². The first kappa shape index (κ1) is 21.7. The van der Waals surface area contributed by atoms with Gasteiger partial charge in [-0.1, -0.05) is 0 Å². The van der Waals surface area contributed by atoms with Crippen molar-refractivity contribution in [2.75, 3.05) is 20.8 Å². The summed E-state index contributed by atoms with van der Waals surface area (Å²) >= 11 is 6.61. The summed E-state index contributed by atoms with van der Waals surface area (Å²) in [5.41, 5.74) is -2.20. The highest BCUT2D eigenvalue weighted by Crippen LogP contribution is 2.38. The van der Waals surface area contributed by atoms with Gasteiger partial charge in [-0.05, 0) is 52.6 Å². The molecule has 0 aliphatic carbocycles. The van der Waals surface area contributed by atoms with Crippen LogP contribution in [0.3, 0.4) is 0 Å². The van der Waals surface area contributed by atoms with E-state index in [2.05, 4.69) is 37.0 Å². The Morgan fingerprint density at radius 2 is 1.85 bits per heavy atom. The molecular formula is C16H21Br2N3O6. The molecule has 1 aromatic heterocycles. The van der Waals surface area contributed by atoms with Crippen molar-refractivity contribution < 1.29 is 28.6 Å². The molecule has 1 aliphatic rings. The number of amides is 1. The lowest BCUT2D eigenvalue weighted by Gasteiger charge is -2.29. The lowest BCUT2D eigenvalue weighted by atomic mass is 9.96. The molecule has 0 aromatic carbocycles. The van der Waals surface area contributed by atoms with Crippen LogP contribution < -0.4 is 0 Å². The summed E-state index contributed by atoms with van der Waals surface area (Å²) in [4.78, 5) is 39.0. The minimum Gasteiger partial charge on any atom is -0.467 e. The Bertz CT molecular complexity index is 760. The zero-order valence-electron chi connectivity index (χ0n) is 15.6. The zero-order valence-corrected chi connectivity index (χ0v) is 18.8. The van der Waals surface area contributed by atoms with Crippen molar-refractivity contribution in [2.24, 2.45) is 0 Å². The van der Waals surface area contributed by atoms with E-state index in [1.54, 1.807) is 26.8 Å². The monoisotopic (exact) mass is 509 g/mol. The molecule has 27 heavy (non-hydrogen) atoms. The smallest absolute Gasteiger partial charge is 0.411 e. The number of carbonyl (C=O) groups is 3. The quantitative estimate of drug-likeness (QED) is 0.454. The van der Waals surface area contributed by atoms with Gasteiger partial charge in [-0.2, -0.15) is 5.10 Å². The number of halogens is 2. The minimum atomic E-state index is -1.42. The normalized spacial score (nSPS) is 22.5. The number of carbonyl (C=O) groups excluding carboxylic acids is 3. The topological polar surface area (TPSA) is 100.0 Å². The van der Waals surface area contributed by atoms with Gasteiger partial charge in [-0.15, -0.1) is 0 Å². The first-order chi connectivity index (χ1) is 12.4. The van der Waals surface area contributed by atoms with Crippen molar-refractivity contribution in [1.82, 2.24) is 14.7 Å². The summed E-state index contributed by atoms with van der Waals surface area (Å²) in [6, 6.07) is 0.618. The summed E-state index contributed by atoms with van der Waals surface area (Å²) in [5.74, 6) is -1.30. The van der Waals surface area contributed by atoms with Gasteiger partial charge in [0.2, 0.25) is 0 Å². The van der Waals surface area contributed by atoms with Crippen molar-refractivity contribution in [3.8, 4) is 0 Å². The fourth-order valence-corrected chi connectivity index (χ4v) is 4.27. The largest absolute Gasteiger partial charge is 0.467 e. The second-order valence-corrected chi connectivity index (χ2v) is 8.70. The van der Waals surface area contributed by atoms with E-state index in [0.29, 0.717) is 9.21 Å². The first-order valence-corrected chi connectivity index (χ1v) is 9.61. The Morgan fingerprint density at radius 1 is 1.22 bits per heavy atom. The molecule has 150 valence electrons. The molecule has 0 saturated carbocycles. The van der Waals surface area contributed by atoms with Crippen LogP contribution in [0, 0.1) is 0 Å². The third kappa shape index (κ3) is 4.29. The predicted molar refractivity (Wildman–Crippen MR) is 101 cm³/mol. The Balaban J connectivity index is 2.53. The van der Waals surface area contributed by atoms with Crippen LogP contribution in [0.4, 0.5) is 4.79 Å². The van der Waals surface area contributed by atoms with Crippen molar-refractivity contribution in [3.63, 3.8) is 0 Å². The van der Waals surface area contributed by atoms with Crippen LogP contribution in [-0.2, 0) is 29.3 Å². The summed E-state index contributed by atoms with van der Waals surface area (Å²) in [6.07, 6.45) is -0.802. The van der Waals surface area contributed by atoms with Crippen LogP contribution in [0.1, 0.15) is 27.2 Å². The van der Waals surface area contributed by atoms with E-state index in [1.165, 1.54) is 23.8 Å². The fraction of sp³-hybridized carbons (Fsp3) is 0.625. The van der Waals surface area contributed by atoms with E-state index in [9.17, 15) is 14.4 Å². The third-order valence-corrected chi connectivity index (χ3v) is 5.00. The maximum absolute atomic E-state index is 12.8. The van der Waals surface area contributed by atoms with Crippen LogP contribution in [0.5, 0.6) is 0 Å². The van der Waals surface area contributed by atoms with Crippen molar-refractivity contribution in [1.29, 1.82) is 0 Å². The van der Waals surface area contributed by atoms with Gasteiger partial charge in [-0.25, -0.2) is 19.1 Å². The molecule has 11 heteroatoms. The van der Waals surface area contributed by atoms with Crippen LogP contribution in [0.15, 0.2) is 15.3 Å². The van der Waals surface area contributed by atoms with Gasteiger partial charge >= 0.3 is 18.0 Å². The molecule has 1 fully saturated rings. The molecule has 1 saturated heterocycles. The van der Waals surface area contributed by atoms with E-state index in [4.69, 9.17) is 14.2 Å². The average Bonchev–Trinajstić information content (AvgIpc) is 3.13. The van der Waals surface area contributed by atoms with E-state index < -0.39 is 35.2 Å². The average molecular weight is 511 g/mol. The van der Waals surface area contributed by atoms with Gasteiger partial charge in [-0.3, -0.25) is 4.90 Å². The molecule has 1 amide bonds. The van der Waals surface area contributed by atoms with Crippen LogP contribution in [-0.4, -0.2) is 65.1 Å². The number of hydrogen-bond donors (Lipinski definition) is 0. The van der Waals surface area contributed by atoms with Gasteiger partial charge in [0.1, 0.15) is 20.8 Å². The highest BCUT2D eigenvalue weighted by molar-refractivity contribution is 9.11. The number of aromatic nitrogens is 2. The minimum absolute atomic E-state index is 0.0711. The lowest BCUT2D eigenvalue weighted by molar-refractivity contribution is -0.151. The van der Waals surface area contributed by atoms with Crippen LogP contribution in [0.2, 0.25) is 0 Å². The molecule has 9 nitrogen and oxygen atoms in total. The molecule has 2 heterocycles. The first-order valence-electron chi connectivity index (χ1n) is 8.02. The molecular weight excluding hydrogens is 490 g/mol. The van der Waals surface area contributed by atoms with Gasteiger partial charge in [0.15, 0.2) is 5.54 Å². The lowest BCUT2D eigenvalue weighted by Crippen LogP contribution is -2.48. The number of methoxy groups -OCH3 is 2. The number of esters is 2. The fourth-order valence-electron chi connectivity index (χ4n) is 2.96. The second-order valence-electron chi connectivity index (χ2n) is 7.08. The summed E-state index contributed by atoms with van der Waals surface area (Å²) < 4.78 is 17.6. The SMILES string of the molecule is COC(=O)[C@@H]1CC(C(=O)OC)(n2nc(Br)cc2Br)CN1C(=O)OC(C)(C)C. The molecule has 1 aromatic rings. The van der Waals surface area contributed by atoms with E-state index >= 15 is 0 Å². The summed E-state index contributed by atoms with van der Waals surface area (Å²) in [6.45, 7) is 4.97. The number of hydrogen-bond acceptors (Lipinski definition) is 7. The highest BCUT2D eigenvalue weighted by atomic mass is 79.9. The molecule has 0 radical (unpaired) electrons. The molecule has 1 aliphatic heterocycles. The maximum Gasteiger partial charge on any atom is 0.411 e. The number of ether oxygens (including phenoxy) is 3. The molecule has 2 atom stereocenters. The van der Waals surface area contributed by atoms with Crippen LogP contribution in [0.25, 0.3) is 0 Å². The van der Waals surface area contributed by atoms with Crippen molar-refractivity contribution >= 4 is 49.9 Å². The van der Waals surface area contributed by atoms with Gasteiger partial charge in [0.05, 0.1) is 20.8 Å². The molecule has 0 spiro atoms. The standard InChI is InChI=1S/C16H21Br2N3O6/c1-15(2,3)27-14(24)20-8-16(13(23)26-5,7-9(20)12(22)25-4)21-11(18)6-10(17)19-21/h6,9H,7-8H2,1-5H3/t9-,16?/m0/s1. The third-order valence-electron chi connectivity index (χ3n) is 4.05. The number of rotatable bonds is 3. The molecule has 2 rings (SSSR count). The summed E-state index contributed by atoms with van der Waals surface area (Å²) in [5, 5.41) is 4.28. The second kappa shape index (κ2) is 7.78. The number of likely N-dealkylation sites (tertiary alicyclic amines) is 1. The molecule has 0 N–H and O–H groups in total. The predicted octanol–water partition coefficient (Wildman–Crippen LogP) is 2.46. The van der Waals surface area contributed by atoms with Gasteiger partial charge in [0.25, 0.3) is 0 Å². The maximum atomic E-state index is 12.8. The molecule has 1 unspecified atom stereocenters. The van der Waals surface area contributed by atoms with E-state index in [0.717, 1.165) is 0 Å². The summed E-state index contributed by atoms with van der Waals surface area (Å²) in [7, 11) is 2.45. The van der Waals surface area contributed by atoms with Crippen molar-refractivity contribution in [3.05, 3.63) is 15.3 Å². The zero-order chi connectivity index (χ0) is 20.6. The Hall–Kier alpha value is -1.62. The Labute approximate surface area is 173 Å². The number of nitrogens with zero attached hydrogens (tertiary/aromatic N) is 3. The van der Waals surface area contributed by atoms with Crippen molar-refractivity contribution in [2.45, 2.75) is 44.4 Å². The Kier molecular flexibility index (Phi) is 6.25. The van der Waals surface area contributed by atoms with E-state index in [1.807, 2.05) is 0 Å². The Morgan fingerprint density at radius 3 is 2.30 bits per heavy atom. The van der Waals surface area contributed by atoms with Gasteiger partial charge < -0.3 is 14.2 Å². The van der Waals surface area contributed by atoms with Crippen LogP contribution >= 0.6 is 31.9 Å².